The van der Waals surface area contributed by atoms with Gasteiger partial charge in [-0.3, -0.25) is 14.5 Å². The summed E-state index contributed by atoms with van der Waals surface area (Å²) in [4.78, 5) is 32.0. The van der Waals surface area contributed by atoms with E-state index in [0.717, 1.165) is 36.3 Å². The SMILES string of the molecule is CN(C)c1ccc(C(=O)N2CCc3cc(C(=O)NCC(O)CN4CCc5ccccc5C4)ccc3C2)cc1. The fraction of sp³-hybridized carbons (Fsp3) is 0.355. The van der Waals surface area contributed by atoms with E-state index in [-0.39, 0.29) is 18.4 Å². The van der Waals surface area contributed by atoms with Gasteiger partial charge in [0, 0.05) is 70.2 Å². The Balaban J connectivity index is 1.13. The summed E-state index contributed by atoms with van der Waals surface area (Å²) < 4.78 is 0. The highest BCUT2D eigenvalue weighted by molar-refractivity contribution is 5.95. The van der Waals surface area contributed by atoms with E-state index in [1.165, 1.54) is 11.1 Å². The van der Waals surface area contributed by atoms with E-state index >= 15 is 0 Å². The van der Waals surface area contributed by atoms with Crippen LogP contribution < -0.4 is 10.2 Å². The van der Waals surface area contributed by atoms with Crippen LogP contribution in [0.3, 0.4) is 0 Å². The zero-order valence-electron chi connectivity index (χ0n) is 22.2. The molecule has 0 spiro atoms. The van der Waals surface area contributed by atoms with Crippen LogP contribution >= 0.6 is 0 Å². The number of aliphatic hydroxyl groups excluding tert-OH is 1. The summed E-state index contributed by atoms with van der Waals surface area (Å²) in [6.07, 6.45) is 1.06. The highest BCUT2D eigenvalue weighted by Crippen LogP contribution is 2.23. The summed E-state index contributed by atoms with van der Waals surface area (Å²) in [5.41, 5.74) is 7.18. The molecule has 2 aliphatic rings. The largest absolute Gasteiger partial charge is 0.390 e. The van der Waals surface area contributed by atoms with E-state index in [1.54, 1.807) is 0 Å². The molecular formula is C31H36N4O3. The number of carbonyl (C=O) groups is 2. The highest BCUT2D eigenvalue weighted by atomic mass is 16.3. The topological polar surface area (TPSA) is 76.1 Å². The molecule has 198 valence electrons. The molecular weight excluding hydrogens is 476 g/mol. The standard InChI is InChI=1S/C31H36N4O3/c1-33(2)28-11-9-23(10-12-28)31(38)35-16-14-24-17-25(7-8-27(24)20-35)30(37)32-18-29(36)21-34-15-13-22-5-3-4-6-26(22)19-34/h3-12,17,29,36H,13-16,18-21H2,1-2H3,(H,32,37). The lowest BCUT2D eigenvalue weighted by Gasteiger charge is -2.30. The Kier molecular flexibility index (Phi) is 7.77. The van der Waals surface area contributed by atoms with Crippen molar-refractivity contribution in [3.8, 4) is 0 Å². The van der Waals surface area contributed by atoms with Crippen LogP contribution in [0.5, 0.6) is 0 Å². The monoisotopic (exact) mass is 512 g/mol. The van der Waals surface area contributed by atoms with Gasteiger partial charge in [0.2, 0.25) is 0 Å². The third-order valence-electron chi connectivity index (χ3n) is 7.58. The van der Waals surface area contributed by atoms with Crippen molar-refractivity contribution < 1.29 is 14.7 Å². The number of anilines is 1. The minimum Gasteiger partial charge on any atom is -0.390 e. The Morgan fingerprint density at radius 3 is 2.32 bits per heavy atom. The van der Waals surface area contributed by atoms with Gasteiger partial charge in [-0.1, -0.05) is 30.3 Å². The average Bonchev–Trinajstić information content (AvgIpc) is 2.95. The van der Waals surface area contributed by atoms with Crippen molar-refractivity contribution in [2.24, 2.45) is 0 Å². The summed E-state index contributed by atoms with van der Waals surface area (Å²) in [6.45, 7) is 3.62. The van der Waals surface area contributed by atoms with Gasteiger partial charge < -0.3 is 20.2 Å². The Morgan fingerprint density at radius 2 is 1.55 bits per heavy atom. The zero-order chi connectivity index (χ0) is 26.6. The molecule has 0 bridgehead atoms. The summed E-state index contributed by atoms with van der Waals surface area (Å²) in [7, 11) is 3.95. The Morgan fingerprint density at radius 1 is 0.868 bits per heavy atom. The van der Waals surface area contributed by atoms with E-state index < -0.39 is 6.10 Å². The van der Waals surface area contributed by atoms with Crippen LogP contribution in [0.15, 0.2) is 66.7 Å². The number of nitrogens with zero attached hydrogens (tertiary/aromatic N) is 3. The smallest absolute Gasteiger partial charge is 0.254 e. The molecule has 0 saturated heterocycles. The van der Waals surface area contributed by atoms with Crippen molar-refractivity contribution in [3.63, 3.8) is 0 Å². The summed E-state index contributed by atoms with van der Waals surface area (Å²) in [5.74, 6) is -0.163. The van der Waals surface area contributed by atoms with E-state index in [1.807, 2.05) is 66.4 Å². The van der Waals surface area contributed by atoms with Crippen molar-refractivity contribution in [1.29, 1.82) is 0 Å². The Hall–Kier alpha value is -3.68. The molecule has 3 aromatic carbocycles. The minimum atomic E-state index is -0.631. The molecule has 2 N–H and O–H groups in total. The fourth-order valence-corrected chi connectivity index (χ4v) is 5.34. The summed E-state index contributed by atoms with van der Waals surface area (Å²) in [6, 6.07) is 21.8. The van der Waals surface area contributed by atoms with Crippen LogP contribution in [-0.2, 0) is 25.9 Å². The first-order chi connectivity index (χ1) is 18.4. The molecule has 38 heavy (non-hydrogen) atoms. The maximum Gasteiger partial charge on any atom is 0.254 e. The van der Waals surface area contributed by atoms with Crippen LogP contribution in [0, 0.1) is 0 Å². The van der Waals surface area contributed by atoms with E-state index in [4.69, 9.17) is 0 Å². The van der Waals surface area contributed by atoms with Gasteiger partial charge >= 0.3 is 0 Å². The number of β-amino-alcohol motifs (C(OH)–C–C–N with tert-alkyl or cyclic N) is 1. The second-order valence-electron chi connectivity index (χ2n) is 10.5. The van der Waals surface area contributed by atoms with Gasteiger partial charge in [0.25, 0.3) is 11.8 Å². The van der Waals surface area contributed by atoms with Gasteiger partial charge in [0.05, 0.1) is 6.10 Å². The Labute approximate surface area is 224 Å². The first-order valence-electron chi connectivity index (χ1n) is 13.3. The number of fused-ring (bicyclic) bond motifs is 2. The molecule has 3 aromatic rings. The van der Waals surface area contributed by atoms with Gasteiger partial charge in [0.15, 0.2) is 0 Å². The second-order valence-corrected chi connectivity index (χ2v) is 10.5. The lowest BCUT2D eigenvalue weighted by Crippen LogP contribution is -2.42. The maximum atomic E-state index is 13.0. The minimum absolute atomic E-state index is 0.0222. The lowest BCUT2D eigenvalue weighted by atomic mass is 9.96. The molecule has 0 aliphatic carbocycles. The molecule has 0 radical (unpaired) electrons. The third-order valence-corrected chi connectivity index (χ3v) is 7.58. The summed E-state index contributed by atoms with van der Waals surface area (Å²) >= 11 is 0. The molecule has 5 rings (SSSR count). The van der Waals surface area contributed by atoms with Crippen molar-refractivity contribution >= 4 is 17.5 Å². The van der Waals surface area contributed by atoms with E-state index in [0.29, 0.717) is 37.2 Å². The molecule has 0 fully saturated rings. The molecule has 0 aromatic heterocycles. The van der Waals surface area contributed by atoms with Crippen molar-refractivity contribution in [3.05, 3.63) is 100 Å². The highest BCUT2D eigenvalue weighted by Gasteiger charge is 2.23. The number of rotatable bonds is 7. The normalized spacial score (nSPS) is 15.8. The van der Waals surface area contributed by atoms with Gasteiger partial charge in [-0.05, 0) is 71.5 Å². The quantitative estimate of drug-likeness (QED) is 0.509. The zero-order valence-corrected chi connectivity index (χ0v) is 22.2. The number of hydrogen-bond donors (Lipinski definition) is 2. The number of aliphatic hydroxyl groups is 1. The average molecular weight is 513 g/mol. The van der Waals surface area contributed by atoms with Crippen LogP contribution in [-0.4, -0.2) is 73.1 Å². The molecule has 1 atom stereocenters. The number of carbonyl (C=O) groups excluding carboxylic acids is 2. The predicted molar refractivity (Wildman–Crippen MR) is 149 cm³/mol. The van der Waals surface area contributed by atoms with Crippen LogP contribution in [0.2, 0.25) is 0 Å². The molecule has 7 heteroatoms. The summed E-state index contributed by atoms with van der Waals surface area (Å²) in [5, 5.41) is 13.4. The number of nitrogens with one attached hydrogen (secondary N) is 1. The Bertz CT molecular complexity index is 1300. The van der Waals surface area contributed by atoms with Crippen LogP contribution in [0.1, 0.15) is 43.0 Å². The lowest BCUT2D eigenvalue weighted by molar-refractivity contribution is 0.0734. The van der Waals surface area contributed by atoms with Crippen molar-refractivity contribution in [2.45, 2.75) is 32.0 Å². The molecule has 2 amide bonds. The molecule has 0 saturated carbocycles. The van der Waals surface area contributed by atoms with Crippen molar-refractivity contribution in [2.75, 3.05) is 45.2 Å². The molecule has 1 unspecified atom stereocenters. The van der Waals surface area contributed by atoms with Gasteiger partial charge in [-0.2, -0.15) is 0 Å². The van der Waals surface area contributed by atoms with Crippen LogP contribution in [0.25, 0.3) is 0 Å². The second kappa shape index (κ2) is 11.4. The fourth-order valence-electron chi connectivity index (χ4n) is 5.34. The van der Waals surface area contributed by atoms with Gasteiger partial charge in [-0.25, -0.2) is 0 Å². The molecule has 2 aliphatic heterocycles. The van der Waals surface area contributed by atoms with Crippen LogP contribution in [0.4, 0.5) is 5.69 Å². The van der Waals surface area contributed by atoms with Gasteiger partial charge in [-0.15, -0.1) is 0 Å². The first-order valence-corrected chi connectivity index (χ1v) is 13.3. The number of amides is 2. The first kappa shape index (κ1) is 25.9. The van der Waals surface area contributed by atoms with Crippen molar-refractivity contribution in [1.82, 2.24) is 15.1 Å². The number of benzene rings is 3. The van der Waals surface area contributed by atoms with Gasteiger partial charge in [0.1, 0.15) is 0 Å². The number of hydrogen-bond acceptors (Lipinski definition) is 5. The molecule has 2 heterocycles. The van der Waals surface area contributed by atoms with E-state index in [2.05, 4.69) is 34.5 Å². The maximum absolute atomic E-state index is 13.0. The van der Waals surface area contributed by atoms with E-state index in [9.17, 15) is 14.7 Å². The third kappa shape index (κ3) is 5.90. The molecule has 7 nitrogen and oxygen atoms in total. The predicted octanol–water partition coefficient (Wildman–Crippen LogP) is 3.10.